The van der Waals surface area contributed by atoms with Crippen LogP contribution in [0.4, 0.5) is 0 Å². The molecule has 0 aliphatic rings. The van der Waals surface area contributed by atoms with Crippen LogP contribution in [0.2, 0.25) is 0 Å². The zero-order valence-electron chi connectivity index (χ0n) is 18.0. The lowest BCUT2D eigenvalue weighted by Crippen LogP contribution is -2.26. The first kappa shape index (κ1) is 20.7. The number of para-hydroxylation sites is 1. The quantitative estimate of drug-likeness (QED) is 0.459. The van der Waals surface area contributed by atoms with E-state index in [0.717, 1.165) is 33.5 Å². The molecule has 0 bridgehead atoms. The second-order valence-electron chi connectivity index (χ2n) is 7.46. The van der Waals surface area contributed by atoms with Gasteiger partial charge in [-0.05, 0) is 47.9 Å². The van der Waals surface area contributed by atoms with Gasteiger partial charge in [0.1, 0.15) is 5.75 Å². The number of amides is 1. The van der Waals surface area contributed by atoms with Crippen molar-refractivity contribution in [2.24, 2.45) is 0 Å². The van der Waals surface area contributed by atoms with Gasteiger partial charge in [-0.25, -0.2) is 0 Å². The van der Waals surface area contributed by atoms with Crippen LogP contribution in [0.15, 0.2) is 53.1 Å². The monoisotopic (exact) mass is 418 g/mol. The lowest BCUT2D eigenvalue weighted by Gasteiger charge is -2.15. The Kier molecular flexibility index (Phi) is 6.02. The standard InChI is InChI=1S/C24H26N4O3/c1-4-21-26-22(31-27-21)15-28(2)23(29)14-13-19-18-7-5-6-8-20(18)25-24(19)16-9-11-17(30-3)12-10-16/h5-12,25H,4,13-15H2,1-3H3. The number of aryl methyl sites for hydroxylation is 2. The van der Waals surface area contributed by atoms with E-state index in [-0.39, 0.29) is 5.91 Å². The van der Waals surface area contributed by atoms with Gasteiger partial charge < -0.3 is 19.1 Å². The average Bonchev–Trinajstić information content (AvgIpc) is 3.41. The number of nitrogens with zero attached hydrogens (tertiary/aromatic N) is 3. The second-order valence-corrected chi connectivity index (χ2v) is 7.46. The van der Waals surface area contributed by atoms with E-state index in [1.807, 2.05) is 43.3 Å². The summed E-state index contributed by atoms with van der Waals surface area (Å²) >= 11 is 0. The highest BCUT2D eigenvalue weighted by molar-refractivity contribution is 5.91. The summed E-state index contributed by atoms with van der Waals surface area (Å²) in [6.07, 6.45) is 1.71. The van der Waals surface area contributed by atoms with Crippen molar-refractivity contribution in [1.29, 1.82) is 0 Å². The number of hydrogen-bond donors (Lipinski definition) is 1. The molecule has 31 heavy (non-hydrogen) atoms. The molecule has 0 aliphatic carbocycles. The maximum absolute atomic E-state index is 12.8. The van der Waals surface area contributed by atoms with Gasteiger partial charge in [0.2, 0.25) is 11.8 Å². The Hall–Kier alpha value is -3.61. The van der Waals surface area contributed by atoms with E-state index in [4.69, 9.17) is 9.26 Å². The average molecular weight is 418 g/mol. The number of fused-ring (bicyclic) bond motifs is 1. The van der Waals surface area contributed by atoms with E-state index in [2.05, 4.69) is 27.3 Å². The number of hydrogen-bond acceptors (Lipinski definition) is 5. The Labute approximate surface area is 181 Å². The van der Waals surface area contributed by atoms with Crippen molar-refractivity contribution < 1.29 is 14.1 Å². The van der Waals surface area contributed by atoms with Crippen LogP contribution in [0, 0.1) is 0 Å². The smallest absolute Gasteiger partial charge is 0.246 e. The summed E-state index contributed by atoms with van der Waals surface area (Å²) in [5.74, 6) is 1.95. The number of rotatable bonds is 8. The number of methoxy groups -OCH3 is 1. The SMILES string of the molecule is CCc1noc(CN(C)C(=O)CCc2c(-c3ccc(OC)cc3)[nH]c3ccccc23)n1. The number of ether oxygens (including phenoxy) is 1. The van der Waals surface area contributed by atoms with Crippen molar-refractivity contribution in [3.63, 3.8) is 0 Å². The van der Waals surface area contributed by atoms with Gasteiger partial charge in [-0.3, -0.25) is 4.79 Å². The molecular formula is C24H26N4O3. The van der Waals surface area contributed by atoms with Crippen molar-refractivity contribution in [1.82, 2.24) is 20.0 Å². The van der Waals surface area contributed by atoms with Crippen molar-refractivity contribution in [2.45, 2.75) is 32.7 Å². The van der Waals surface area contributed by atoms with E-state index >= 15 is 0 Å². The van der Waals surface area contributed by atoms with Crippen LogP contribution in [-0.4, -0.2) is 40.1 Å². The number of carbonyl (C=O) groups is 1. The number of nitrogens with one attached hydrogen (secondary N) is 1. The fourth-order valence-electron chi connectivity index (χ4n) is 3.68. The summed E-state index contributed by atoms with van der Waals surface area (Å²) in [6.45, 7) is 2.27. The van der Waals surface area contributed by atoms with Crippen molar-refractivity contribution in [3.05, 3.63) is 65.8 Å². The van der Waals surface area contributed by atoms with Gasteiger partial charge in [0.25, 0.3) is 0 Å². The third-order valence-corrected chi connectivity index (χ3v) is 5.41. The lowest BCUT2D eigenvalue weighted by molar-refractivity contribution is -0.130. The fraction of sp³-hybridized carbons (Fsp3) is 0.292. The fourth-order valence-corrected chi connectivity index (χ4v) is 3.68. The molecule has 1 amide bonds. The minimum absolute atomic E-state index is 0.0298. The molecule has 1 N–H and O–H groups in total. The van der Waals surface area contributed by atoms with Gasteiger partial charge in [0.05, 0.1) is 13.7 Å². The molecule has 2 aromatic carbocycles. The van der Waals surface area contributed by atoms with Gasteiger partial charge in [0.15, 0.2) is 5.82 Å². The predicted octanol–water partition coefficient (Wildman–Crippen LogP) is 4.38. The molecule has 0 unspecified atom stereocenters. The molecule has 4 aromatic rings. The number of H-pyrrole nitrogens is 1. The van der Waals surface area contributed by atoms with Gasteiger partial charge in [0, 0.05) is 36.5 Å². The number of carbonyl (C=O) groups excluding carboxylic acids is 1. The summed E-state index contributed by atoms with van der Waals surface area (Å²) in [5, 5.41) is 5.02. The molecule has 0 saturated heterocycles. The Balaban J connectivity index is 1.53. The Morgan fingerprint density at radius 3 is 2.65 bits per heavy atom. The maximum Gasteiger partial charge on any atom is 0.246 e. The van der Waals surface area contributed by atoms with Crippen LogP contribution in [0.3, 0.4) is 0 Å². The van der Waals surface area contributed by atoms with Gasteiger partial charge in [-0.1, -0.05) is 30.3 Å². The number of aromatic amines is 1. The molecule has 4 rings (SSSR count). The largest absolute Gasteiger partial charge is 0.497 e. The summed E-state index contributed by atoms with van der Waals surface area (Å²) in [5.41, 5.74) is 4.28. The predicted molar refractivity (Wildman–Crippen MR) is 119 cm³/mol. The minimum atomic E-state index is 0.0298. The van der Waals surface area contributed by atoms with Crippen molar-refractivity contribution >= 4 is 16.8 Å². The molecule has 0 spiro atoms. The molecule has 2 heterocycles. The highest BCUT2D eigenvalue weighted by Crippen LogP contribution is 2.32. The van der Waals surface area contributed by atoms with Crippen LogP contribution in [0.25, 0.3) is 22.2 Å². The van der Waals surface area contributed by atoms with Crippen LogP contribution in [0.1, 0.15) is 30.6 Å². The summed E-state index contributed by atoms with van der Waals surface area (Å²) < 4.78 is 10.5. The summed E-state index contributed by atoms with van der Waals surface area (Å²) in [7, 11) is 3.42. The van der Waals surface area contributed by atoms with E-state index in [1.165, 1.54) is 0 Å². The first-order valence-electron chi connectivity index (χ1n) is 10.4. The van der Waals surface area contributed by atoms with E-state index in [0.29, 0.717) is 37.5 Å². The van der Waals surface area contributed by atoms with E-state index < -0.39 is 0 Å². The molecule has 0 fully saturated rings. The lowest BCUT2D eigenvalue weighted by atomic mass is 10.0. The van der Waals surface area contributed by atoms with Gasteiger partial charge >= 0.3 is 0 Å². The third kappa shape index (κ3) is 4.45. The van der Waals surface area contributed by atoms with Gasteiger partial charge in [-0.2, -0.15) is 4.98 Å². The zero-order valence-corrected chi connectivity index (χ0v) is 18.0. The highest BCUT2D eigenvalue weighted by atomic mass is 16.5. The van der Waals surface area contributed by atoms with Crippen LogP contribution in [0.5, 0.6) is 5.75 Å². The molecule has 160 valence electrons. The first-order valence-corrected chi connectivity index (χ1v) is 10.4. The van der Waals surface area contributed by atoms with Crippen molar-refractivity contribution in [2.75, 3.05) is 14.2 Å². The highest BCUT2D eigenvalue weighted by Gasteiger charge is 2.17. The molecule has 0 radical (unpaired) electrons. The molecule has 2 aromatic heterocycles. The summed E-state index contributed by atoms with van der Waals surface area (Å²) in [6, 6.07) is 16.1. The van der Waals surface area contributed by atoms with Crippen LogP contribution >= 0.6 is 0 Å². The summed E-state index contributed by atoms with van der Waals surface area (Å²) in [4.78, 5) is 22.2. The van der Waals surface area contributed by atoms with Crippen molar-refractivity contribution in [3.8, 4) is 17.0 Å². The molecule has 0 aliphatic heterocycles. The first-order chi connectivity index (χ1) is 15.1. The Bertz CT molecular complexity index is 1180. The molecule has 0 saturated carbocycles. The minimum Gasteiger partial charge on any atom is -0.497 e. The third-order valence-electron chi connectivity index (χ3n) is 5.41. The number of benzene rings is 2. The molecule has 7 heteroatoms. The normalized spacial score (nSPS) is 11.1. The second kappa shape index (κ2) is 9.04. The molecular weight excluding hydrogens is 392 g/mol. The molecule has 0 atom stereocenters. The Morgan fingerprint density at radius 1 is 1.16 bits per heavy atom. The topological polar surface area (TPSA) is 84.3 Å². The zero-order chi connectivity index (χ0) is 21.8. The Morgan fingerprint density at radius 2 is 1.94 bits per heavy atom. The van der Waals surface area contributed by atoms with Crippen LogP contribution in [-0.2, 0) is 24.2 Å². The number of aromatic nitrogens is 3. The maximum atomic E-state index is 12.8. The van der Waals surface area contributed by atoms with E-state index in [1.54, 1.807) is 19.1 Å². The molecule has 7 nitrogen and oxygen atoms in total. The van der Waals surface area contributed by atoms with Gasteiger partial charge in [-0.15, -0.1) is 0 Å². The van der Waals surface area contributed by atoms with Crippen LogP contribution < -0.4 is 4.74 Å². The van der Waals surface area contributed by atoms with E-state index in [9.17, 15) is 4.79 Å².